The van der Waals surface area contributed by atoms with E-state index in [1.165, 1.54) is 12.1 Å². The Kier molecular flexibility index (Phi) is 4.21. The molecule has 0 amide bonds. The van der Waals surface area contributed by atoms with Crippen molar-refractivity contribution in [3.05, 3.63) is 28.5 Å². The Bertz CT molecular complexity index is 622. The van der Waals surface area contributed by atoms with E-state index in [4.69, 9.17) is 0 Å². The Hall–Kier alpha value is -1.47. The molecule has 2 N–H and O–H groups in total. The number of benzene rings is 1. The molecule has 1 aromatic carbocycles. The number of aromatic amines is 1. The lowest BCUT2D eigenvalue weighted by molar-refractivity contribution is 0.439. The zero-order valence-electron chi connectivity index (χ0n) is 11.7. The summed E-state index contributed by atoms with van der Waals surface area (Å²) >= 11 is 3.41. The van der Waals surface area contributed by atoms with Gasteiger partial charge in [0.25, 0.3) is 0 Å². The molecule has 0 radical (unpaired) electrons. The summed E-state index contributed by atoms with van der Waals surface area (Å²) in [6.07, 6.45) is 2.15. The lowest BCUT2D eigenvalue weighted by Crippen LogP contribution is -2.41. The molecule has 1 aliphatic rings. The summed E-state index contributed by atoms with van der Waals surface area (Å²) in [7, 11) is 1.99. The predicted molar refractivity (Wildman–Crippen MR) is 83.8 cm³/mol. The Morgan fingerprint density at radius 1 is 1.38 bits per heavy atom. The molecule has 0 spiro atoms. The van der Waals surface area contributed by atoms with Crippen LogP contribution in [0.1, 0.15) is 12.8 Å². The summed E-state index contributed by atoms with van der Waals surface area (Å²) in [6, 6.07) is 5.09. The van der Waals surface area contributed by atoms with Gasteiger partial charge in [-0.15, -0.1) is 5.10 Å². The lowest BCUT2D eigenvalue weighted by atomic mass is 10.1. The number of piperidine rings is 1. The van der Waals surface area contributed by atoms with E-state index in [1.807, 2.05) is 7.05 Å². The van der Waals surface area contributed by atoms with Crippen LogP contribution in [0.5, 0.6) is 0 Å². The number of hydrogen-bond acceptors (Lipinski definition) is 4. The van der Waals surface area contributed by atoms with Gasteiger partial charge in [-0.05, 0) is 38.1 Å². The maximum atomic E-state index is 13.4. The lowest BCUT2D eigenvalue weighted by Gasteiger charge is -2.30. The molecule has 2 heterocycles. The second-order valence-corrected chi connectivity index (χ2v) is 6.01. The largest absolute Gasteiger partial charge is 0.339 e. The third kappa shape index (κ3) is 3.08. The van der Waals surface area contributed by atoms with E-state index in [2.05, 4.69) is 41.3 Å². The van der Waals surface area contributed by atoms with Crippen molar-refractivity contribution >= 4 is 21.9 Å². The van der Waals surface area contributed by atoms with Gasteiger partial charge < -0.3 is 10.2 Å². The number of halogens is 2. The van der Waals surface area contributed by atoms with Crippen molar-refractivity contribution in [2.45, 2.75) is 18.9 Å². The zero-order chi connectivity index (χ0) is 14.8. The molecule has 0 bridgehead atoms. The van der Waals surface area contributed by atoms with E-state index < -0.39 is 0 Å². The fraction of sp³-hybridized carbons (Fsp3) is 0.429. The van der Waals surface area contributed by atoms with Crippen LogP contribution >= 0.6 is 15.9 Å². The molecule has 0 atom stereocenters. The van der Waals surface area contributed by atoms with Gasteiger partial charge in [0.05, 0.1) is 0 Å². The van der Waals surface area contributed by atoms with Crippen molar-refractivity contribution in [3.63, 3.8) is 0 Å². The molecule has 7 heteroatoms. The van der Waals surface area contributed by atoms with Gasteiger partial charge in [-0.2, -0.15) is 4.98 Å². The quantitative estimate of drug-likeness (QED) is 0.890. The van der Waals surface area contributed by atoms with E-state index in [0.717, 1.165) is 30.4 Å². The highest BCUT2D eigenvalue weighted by atomic mass is 79.9. The smallest absolute Gasteiger partial charge is 0.245 e. The molecule has 0 unspecified atom stereocenters. The Balaban J connectivity index is 1.79. The SMILES string of the molecule is CNC1CCN(c2n[nH]c(-c3cc(F)ccc3Br)n2)CC1. The number of hydrogen-bond donors (Lipinski definition) is 2. The predicted octanol–water partition coefficient (Wildman–Crippen LogP) is 2.56. The van der Waals surface area contributed by atoms with Crippen LogP contribution in [0.2, 0.25) is 0 Å². The third-order valence-corrected chi connectivity index (χ3v) is 4.53. The van der Waals surface area contributed by atoms with Crippen LogP contribution in [0.15, 0.2) is 22.7 Å². The van der Waals surface area contributed by atoms with E-state index in [9.17, 15) is 4.39 Å². The molecule has 1 aromatic heterocycles. The normalized spacial score (nSPS) is 16.4. The topological polar surface area (TPSA) is 56.8 Å². The Morgan fingerprint density at radius 3 is 2.86 bits per heavy atom. The molecule has 1 aliphatic heterocycles. The van der Waals surface area contributed by atoms with Gasteiger partial charge >= 0.3 is 0 Å². The molecule has 1 fully saturated rings. The molecule has 1 saturated heterocycles. The number of aromatic nitrogens is 3. The monoisotopic (exact) mass is 353 g/mol. The van der Waals surface area contributed by atoms with Crippen molar-refractivity contribution in [3.8, 4) is 11.4 Å². The third-order valence-electron chi connectivity index (χ3n) is 3.84. The fourth-order valence-electron chi connectivity index (χ4n) is 2.56. The average Bonchev–Trinajstić information content (AvgIpc) is 2.99. The maximum Gasteiger partial charge on any atom is 0.245 e. The van der Waals surface area contributed by atoms with Crippen LogP contribution < -0.4 is 10.2 Å². The Morgan fingerprint density at radius 2 is 2.14 bits per heavy atom. The van der Waals surface area contributed by atoms with Crippen LogP contribution in [0.4, 0.5) is 10.3 Å². The summed E-state index contributed by atoms with van der Waals surface area (Å²) in [4.78, 5) is 6.65. The molecule has 3 rings (SSSR count). The highest BCUT2D eigenvalue weighted by Gasteiger charge is 2.21. The number of nitrogens with one attached hydrogen (secondary N) is 2. The summed E-state index contributed by atoms with van der Waals surface area (Å²) in [5, 5.41) is 10.5. The van der Waals surface area contributed by atoms with Crippen molar-refractivity contribution in [1.82, 2.24) is 20.5 Å². The number of anilines is 1. The summed E-state index contributed by atoms with van der Waals surface area (Å²) in [5.41, 5.74) is 0.680. The first kappa shape index (κ1) is 14.5. The van der Waals surface area contributed by atoms with Gasteiger partial charge in [-0.25, -0.2) is 4.39 Å². The number of H-pyrrole nitrogens is 1. The van der Waals surface area contributed by atoms with E-state index in [-0.39, 0.29) is 5.82 Å². The zero-order valence-corrected chi connectivity index (χ0v) is 13.3. The highest BCUT2D eigenvalue weighted by molar-refractivity contribution is 9.10. The van der Waals surface area contributed by atoms with Crippen LogP contribution in [0.25, 0.3) is 11.4 Å². The minimum Gasteiger partial charge on any atom is -0.339 e. The van der Waals surface area contributed by atoms with Crippen molar-refractivity contribution < 1.29 is 4.39 Å². The molecule has 2 aromatic rings. The van der Waals surface area contributed by atoms with Gasteiger partial charge in [-0.3, -0.25) is 5.10 Å². The van der Waals surface area contributed by atoms with Gasteiger partial charge in [0, 0.05) is 29.2 Å². The molecule has 112 valence electrons. The summed E-state index contributed by atoms with van der Waals surface area (Å²) < 4.78 is 14.2. The standard InChI is InChI=1S/C14H17BrFN5/c1-17-10-4-6-21(7-5-10)14-18-13(19-20-14)11-8-9(16)2-3-12(11)15/h2-3,8,10,17H,4-7H2,1H3,(H,18,19,20). The molecule has 21 heavy (non-hydrogen) atoms. The maximum absolute atomic E-state index is 13.4. The second kappa shape index (κ2) is 6.11. The van der Waals surface area contributed by atoms with Crippen LogP contribution in [-0.2, 0) is 0 Å². The molecular weight excluding hydrogens is 337 g/mol. The van der Waals surface area contributed by atoms with Crippen LogP contribution in [-0.4, -0.2) is 41.4 Å². The van der Waals surface area contributed by atoms with E-state index >= 15 is 0 Å². The van der Waals surface area contributed by atoms with Gasteiger partial charge in [0.1, 0.15) is 5.82 Å². The van der Waals surface area contributed by atoms with Gasteiger partial charge in [-0.1, -0.05) is 15.9 Å². The van der Waals surface area contributed by atoms with E-state index in [1.54, 1.807) is 6.07 Å². The number of rotatable bonds is 3. The first-order chi connectivity index (χ1) is 10.2. The molecular formula is C14H17BrFN5. The molecule has 0 aliphatic carbocycles. The summed E-state index contributed by atoms with van der Waals surface area (Å²) in [6.45, 7) is 1.85. The van der Waals surface area contributed by atoms with Crippen LogP contribution in [0, 0.1) is 5.82 Å². The van der Waals surface area contributed by atoms with Gasteiger partial charge in [0.15, 0.2) is 5.82 Å². The van der Waals surface area contributed by atoms with Crippen molar-refractivity contribution in [2.75, 3.05) is 25.0 Å². The molecule has 5 nitrogen and oxygen atoms in total. The first-order valence-electron chi connectivity index (χ1n) is 6.97. The number of nitrogens with zero attached hydrogens (tertiary/aromatic N) is 3. The highest BCUT2D eigenvalue weighted by Crippen LogP contribution is 2.27. The van der Waals surface area contributed by atoms with Gasteiger partial charge in [0.2, 0.25) is 5.95 Å². The first-order valence-corrected chi connectivity index (χ1v) is 7.76. The Labute approximate surface area is 131 Å². The van der Waals surface area contributed by atoms with Crippen molar-refractivity contribution in [2.24, 2.45) is 0 Å². The average molecular weight is 354 g/mol. The minimum atomic E-state index is -0.291. The van der Waals surface area contributed by atoms with Crippen molar-refractivity contribution in [1.29, 1.82) is 0 Å². The summed E-state index contributed by atoms with van der Waals surface area (Å²) in [5.74, 6) is 0.962. The van der Waals surface area contributed by atoms with E-state index in [0.29, 0.717) is 23.4 Å². The second-order valence-electron chi connectivity index (χ2n) is 5.16. The molecule has 0 saturated carbocycles. The fourth-order valence-corrected chi connectivity index (χ4v) is 3.00. The minimum absolute atomic E-state index is 0.291. The van der Waals surface area contributed by atoms with Crippen LogP contribution in [0.3, 0.4) is 0 Å².